The number of amides is 1. The predicted molar refractivity (Wildman–Crippen MR) is 116 cm³/mol. The number of hydrogen-bond donors (Lipinski definition) is 2. The molecule has 1 amide bonds. The number of hydrazine groups is 1. The van der Waals surface area contributed by atoms with Gasteiger partial charge in [0.2, 0.25) is 5.91 Å². The number of carbonyl (C=O) groups excluding carboxylic acids is 2. The van der Waals surface area contributed by atoms with Crippen LogP contribution < -0.4 is 10.3 Å². The van der Waals surface area contributed by atoms with Crippen LogP contribution in [-0.2, 0) is 28.6 Å². The number of halogens is 2. The second-order valence-electron chi connectivity index (χ2n) is 7.53. The van der Waals surface area contributed by atoms with Crippen LogP contribution in [0.15, 0.2) is 46.3 Å². The Kier molecular flexibility index (Phi) is 7.44. The van der Waals surface area contributed by atoms with Gasteiger partial charge >= 0.3 is 5.97 Å². The molecule has 3 rings (SSSR count). The van der Waals surface area contributed by atoms with Gasteiger partial charge in [0.1, 0.15) is 6.04 Å². The maximum absolute atomic E-state index is 12.8. The van der Waals surface area contributed by atoms with E-state index in [0.29, 0.717) is 6.42 Å². The fraction of sp³-hybridized carbons (Fsp3) is 0.474. The van der Waals surface area contributed by atoms with Gasteiger partial charge in [0.05, 0.1) is 23.5 Å². The average Bonchev–Trinajstić information content (AvgIpc) is 3.34. The molecule has 4 unspecified atom stereocenters. The predicted octanol–water partition coefficient (Wildman–Crippen LogP) is 1.74. The number of hydrogen-bond acceptors (Lipinski definition) is 8. The highest BCUT2D eigenvalue weighted by molar-refractivity contribution is 9.10. The van der Waals surface area contributed by atoms with Gasteiger partial charge in [-0.15, -0.1) is 6.58 Å². The van der Waals surface area contributed by atoms with Crippen LogP contribution in [0.1, 0.15) is 12.8 Å². The number of nitrogens with zero attached hydrogens (tertiary/aromatic N) is 1. The summed E-state index contributed by atoms with van der Waals surface area (Å²) in [5.74, 6) is -0.880. The third-order valence-corrected chi connectivity index (χ3v) is 7.75. The van der Waals surface area contributed by atoms with E-state index in [9.17, 15) is 18.0 Å². The van der Waals surface area contributed by atoms with Crippen molar-refractivity contribution < 1.29 is 26.9 Å². The second kappa shape index (κ2) is 9.55. The van der Waals surface area contributed by atoms with Crippen LogP contribution in [-0.4, -0.2) is 57.6 Å². The van der Waals surface area contributed by atoms with Gasteiger partial charge in [-0.2, -0.15) is 13.4 Å². The van der Waals surface area contributed by atoms with Gasteiger partial charge in [-0.3, -0.25) is 13.8 Å². The van der Waals surface area contributed by atoms with Crippen LogP contribution in [0.3, 0.4) is 0 Å². The van der Waals surface area contributed by atoms with E-state index >= 15 is 0 Å². The quantitative estimate of drug-likeness (QED) is 0.212. The van der Waals surface area contributed by atoms with E-state index in [2.05, 4.69) is 32.8 Å². The van der Waals surface area contributed by atoms with E-state index in [1.165, 1.54) is 24.3 Å². The molecule has 1 aromatic rings. The third-order valence-electron chi connectivity index (χ3n) is 5.63. The number of carbonyl (C=O) groups is 2. The first-order chi connectivity index (χ1) is 14.7. The summed E-state index contributed by atoms with van der Waals surface area (Å²) in [5.41, 5.74) is -0.815. The zero-order valence-electron chi connectivity index (χ0n) is 16.7. The van der Waals surface area contributed by atoms with E-state index in [-0.39, 0.29) is 30.3 Å². The van der Waals surface area contributed by atoms with E-state index in [1.807, 2.05) is 0 Å². The minimum absolute atomic E-state index is 0.0122. The number of esters is 1. The molecule has 1 saturated carbocycles. The Morgan fingerprint density at radius 3 is 2.61 bits per heavy atom. The summed E-state index contributed by atoms with van der Waals surface area (Å²) in [6.45, 7) is 3.87. The molecule has 31 heavy (non-hydrogen) atoms. The molecule has 0 bridgehead atoms. The molecular weight excluding hydrogens is 514 g/mol. The van der Waals surface area contributed by atoms with Crippen LogP contribution in [0.5, 0.6) is 0 Å². The molecule has 1 aromatic carbocycles. The molecule has 2 aliphatic rings. The largest absolute Gasteiger partial charge is 0.469 e. The number of allylic oxidation sites excluding steroid dienone is 1. The highest BCUT2D eigenvalue weighted by Crippen LogP contribution is 2.53. The van der Waals surface area contributed by atoms with E-state index in [4.69, 9.17) is 20.7 Å². The Morgan fingerprint density at radius 1 is 1.39 bits per heavy atom. The molecule has 4 atom stereocenters. The molecular formula is C19H23BrClN3O6S. The maximum atomic E-state index is 12.8. The molecule has 1 heterocycles. The van der Waals surface area contributed by atoms with Crippen molar-refractivity contribution in [3.63, 3.8) is 0 Å². The van der Waals surface area contributed by atoms with Crippen LogP contribution >= 0.6 is 27.7 Å². The van der Waals surface area contributed by atoms with Gasteiger partial charge in [0.15, 0.2) is 0 Å². The topological polar surface area (TPSA) is 114 Å². The Morgan fingerprint density at radius 2 is 2.06 bits per heavy atom. The first kappa shape index (κ1) is 24.1. The summed E-state index contributed by atoms with van der Waals surface area (Å²) >= 11 is 8.99. The summed E-state index contributed by atoms with van der Waals surface area (Å²) in [4.78, 5) is 27.3. The maximum Gasteiger partial charge on any atom is 0.314 e. The van der Waals surface area contributed by atoms with Crippen molar-refractivity contribution in [2.45, 2.75) is 29.9 Å². The normalized spacial score (nSPS) is 28.2. The minimum atomic E-state index is -4.01. The van der Waals surface area contributed by atoms with Crippen LogP contribution in [0.4, 0.5) is 0 Å². The van der Waals surface area contributed by atoms with Gasteiger partial charge in [0.25, 0.3) is 10.1 Å². The highest BCUT2D eigenvalue weighted by Gasteiger charge is 2.59. The summed E-state index contributed by atoms with van der Waals surface area (Å²) < 4.78 is 36.0. The van der Waals surface area contributed by atoms with Gasteiger partial charge in [0, 0.05) is 24.0 Å². The van der Waals surface area contributed by atoms with Crippen molar-refractivity contribution in [1.82, 2.24) is 15.3 Å². The average molecular weight is 537 g/mol. The van der Waals surface area contributed by atoms with E-state index in [0.717, 1.165) is 4.47 Å². The zero-order valence-corrected chi connectivity index (χ0v) is 19.9. The molecule has 2 N–H and O–H groups in total. The minimum Gasteiger partial charge on any atom is -0.469 e. The molecule has 170 valence electrons. The van der Waals surface area contributed by atoms with Crippen molar-refractivity contribution in [2.24, 2.45) is 11.3 Å². The van der Waals surface area contributed by atoms with E-state index < -0.39 is 39.6 Å². The summed E-state index contributed by atoms with van der Waals surface area (Å²) in [5, 5.41) is 4.14. The summed E-state index contributed by atoms with van der Waals surface area (Å²) in [6, 6.07) is 5.26. The first-order valence-electron chi connectivity index (χ1n) is 9.47. The Labute approximate surface area is 194 Å². The molecule has 0 aromatic heterocycles. The standard InChI is InChI=1S/C19H23BrClN3O6S/c1-3-12-9-19(12,18(26)29-2)11-22-17(25)16-8-14(10-24(16)23-21)30-31(27,28)15-6-4-13(20)5-7-15/h3-7,12,14,16,23H,1,8-11H2,2H3,(H,22,25). The monoisotopic (exact) mass is 535 g/mol. The number of benzene rings is 1. The van der Waals surface area contributed by atoms with E-state index in [1.54, 1.807) is 18.2 Å². The summed E-state index contributed by atoms with van der Waals surface area (Å²) in [7, 11) is -2.71. The SMILES string of the molecule is C=CC1CC1(CNC(=O)C1CC(OS(=O)(=O)c2ccc(Br)cc2)CN1NCl)C(=O)OC. The van der Waals surface area contributed by atoms with Gasteiger partial charge < -0.3 is 10.1 Å². The van der Waals surface area contributed by atoms with Gasteiger partial charge in [-0.25, -0.2) is 5.01 Å². The van der Waals surface area contributed by atoms with Crippen molar-refractivity contribution in [3.05, 3.63) is 41.4 Å². The molecule has 0 spiro atoms. The van der Waals surface area contributed by atoms with Gasteiger partial charge in [-0.1, -0.05) is 22.0 Å². The lowest BCUT2D eigenvalue weighted by molar-refractivity contribution is -0.147. The van der Waals surface area contributed by atoms with Crippen LogP contribution in [0.25, 0.3) is 0 Å². The third kappa shape index (κ3) is 5.12. The molecule has 1 aliphatic carbocycles. The van der Waals surface area contributed by atoms with Crippen molar-refractivity contribution in [2.75, 3.05) is 20.2 Å². The second-order valence-corrected chi connectivity index (χ2v) is 10.2. The van der Waals surface area contributed by atoms with Crippen LogP contribution in [0.2, 0.25) is 0 Å². The Hall–Kier alpha value is -1.50. The fourth-order valence-electron chi connectivity index (χ4n) is 3.76. The number of rotatable bonds is 9. The number of nitrogens with one attached hydrogen (secondary N) is 2. The first-order valence-corrected chi connectivity index (χ1v) is 12.0. The van der Waals surface area contributed by atoms with Crippen molar-refractivity contribution >= 4 is 49.7 Å². The number of ether oxygens (including phenoxy) is 1. The van der Waals surface area contributed by atoms with Crippen molar-refractivity contribution in [1.29, 1.82) is 0 Å². The smallest absolute Gasteiger partial charge is 0.314 e. The fourth-order valence-corrected chi connectivity index (χ4v) is 5.29. The zero-order chi connectivity index (χ0) is 22.8. The molecule has 2 fully saturated rings. The lowest BCUT2D eigenvalue weighted by Crippen LogP contribution is -2.48. The number of methoxy groups -OCH3 is 1. The Bertz CT molecular complexity index is 960. The molecule has 1 aliphatic heterocycles. The van der Waals surface area contributed by atoms with Gasteiger partial charge in [-0.05, 0) is 48.4 Å². The lowest BCUT2D eigenvalue weighted by atomic mass is 10.0. The molecule has 0 radical (unpaired) electrons. The lowest BCUT2D eigenvalue weighted by Gasteiger charge is -2.22. The molecule has 12 heteroatoms. The highest BCUT2D eigenvalue weighted by atomic mass is 79.9. The van der Waals surface area contributed by atoms with Crippen LogP contribution in [0, 0.1) is 11.3 Å². The molecule has 9 nitrogen and oxygen atoms in total. The van der Waals surface area contributed by atoms with Crippen molar-refractivity contribution in [3.8, 4) is 0 Å². The molecule has 1 saturated heterocycles. The Balaban J connectivity index is 1.63. The summed E-state index contributed by atoms with van der Waals surface area (Å²) in [6.07, 6.45) is 1.52.